The third-order valence-electron chi connectivity index (χ3n) is 3.03. The second-order valence-corrected chi connectivity index (χ2v) is 6.25. The Kier molecular flexibility index (Phi) is 5.55. The van der Waals surface area contributed by atoms with Crippen molar-refractivity contribution in [1.82, 2.24) is 0 Å². The van der Waals surface area contributed by atoms with Crippen LogP contribution in [0.15, 0.2) is 41.8 Å². The Labute approximate surface area is 123 Å². The zero-order valence-electron chi connectivity index (χ0n) is 10.1. The first-order valence-electron chi connectivity index (χ1n) is 6.10. The van der Waals surface area contributed by atoms with Crippen LogP contribution in [0.1, 0.15) is 16.9 Å². The number of alkyl halides is 1. The van der Waals surface area contributed by atoms with E-state index in [4.69, 9.17) is 23.2 Å². The molecule has 1 unspecified atom stereocenters. The van der Waals surface area contributed by atoms with Gasteiger partial charge in [-0.15, -0.1) is 22.9 Å². The largest absolute Gasteiger partial charge is 0.149 e. The van der Waals surface area contributed by atoms with Gasteiger partial charge in [0.15, 0.2) is 0 Å². The Morgan fingerprint density at radius 1 is 1.11 bits per heavy atom. The minimum Gasteiger partial charge on any atom is -0.149 e. The molecule has 1 aromatic carbocycles. The summed E-state index contributed by atoms with van der Waals surface area (Å²) in [5.41, 5.74) is 1.32. The summed E-state index contributed by atoms with van der Waals surface area (Å²) in [5, 5.41) is 2.92. The van der Waals surface area contributed by atoms with E-state index in [1.807, 2.05) is 23.5 Å². The van der Waals surface area contributed by atoms with E-state index in [9.17, 15) is 0 Å². The molecule has 2 aromatic rings. The molecule has 0 amide bonds. The van der Waals surface area contributed by atoms with Gasteiger partial charge in [-0.3, -0.25) is 0 Å². The molecule has 0 saturated heterocycles. The number of thiophene rings is 1. The van der Waals surface area contributed by atoms with Crippen LogP contribution in [0, 0.1) is 5.92 Å². The number of aryl methyl sites for hydroxylation is 1. The fraction of sp³-hybridized carbons (Fsp3) is 0.333. The molecule has 0 fully saturated rings. The summed E-state index contributed by atoms with van der Waals surface area (Å²) in [7, 11) is 0. The number of hydrogen-bond acceptors (Lipinski definition) is 1. The summed E-state index contributed by atoms with van der Waals surface area (Å²) in [6, 6.07) is 12.4. The van der Waals surface area contributed by atoms with Crippen molar-refractivity contribution in [2.24, 2.45) is 5.92 Å². The fourth-order valence-electron chi connectivity index (χ4n) is 1.99. The molecule has 0 aliphatic rings. The van der Waals surface area contributed by atoms with Crippen molar-refractivity contribution in [2.45, 2.75) is 19.3 Å². The van der Waals surface area contributed by atoms with Crippen LogP contribution < -0.4 is 0 Å². The number of rotatable bonds is 6. The van der Waals surface area contributed by atoms with Gasteiger partial charge in [-0.1, -0.05) is 29.8 Å². The van der Waals surface area contributed by atoms with E-state index < -0.39 is 0 Å². The van der Waals surface area contributed by atoms with Gasteiger partial charge >= 0.3 is 0 Å². The Hall–Kier alpha value is -0.500. The average molecular weight is 299 g/mol. The van der Waals surface area contributed by atoms with E-state index >= 15 is 0 Å². The van der Waals surface area contributed by atoms with E-state index in [1.54, 1.807) is 0 Å². The summed E-state index contributed by atoms with van der Waals surface area (Å²) in [4.78, 5) is 1.45. The van der Waals surface area contributed by atoms with Crippen LogP contribution in [0.3, 0.4) is 0 Å². The van der Waals surface area contributed by atoms with Crippen molar-refractivity contribution in [3.05, 3.63) is 57.2 Å². The van der Waals surface area contributed by atoms with Crippen LogP contribution in [0.25, 0.3) is 0 Å². The Morgan fingerprint density at radius 2 is 1.89 bits per heavy atom. The first-order valence-corrected chi connectivity index (χ1v) is 7.90. The lowest BCUT2D eigenvalue weighted by Gasteiger charge is -2.13. The summed E-state index contributed by atoms with van der Waals surface area (Å²) in [6.07, 6.45) is 3.31. The van der Waals surface area contributed by atoms with Gasteiger partial charge in [0.05, 0.1) is 0 Å². The molecular weight excluding hydrogens is 283 g/mol. The molecule has 0 spiro atoms. The van der Waals surface area contributed by atoms with Crippen LogP contribution in [0.2, 0.25) is 5.02 Å². The molecule has 18 heavy (non-hydrogen) atoms. The first kappa shape index (κ1) is 13.9. The van der Waals surface area contributed by atoms with Crippen molar-refractivity contribution in [3.8, 4) is 0 Å². The van der Waals surface area contributed by atoms with E-state index in [0.29, 0.717) is 11.8 Å². The molecule has 0 aliphatic carbocycles. The van der Waals surface area contributed by atoms with Gasteiger partial charge in [0.1, 0.15) is 0 Å². The second-order valence-electron chi connectivity index (χ2n) is 4.47. The van der Waals surface area contributed by atoms with Crippen molar-refractivity contribution < 1.29 is 0 Å². The Balaban J connectivity index is 1.87. The van der Waals surface area contributed by atoms with Crippen LogP contribution in [0.4, 0.5) is 0 Å². The van der Waals surface area contributed by atoms with Crippen molar-refractivity contribution in [3.63, 3.8) is 0 Å². The van der Waals surface area contributed by atoms with Crippen LogP contribution in [0.5, 0.6) is 0 Å². The molecule has 0 radical (unpaired) electrons. The fourth-order valence-corrected chi connectivity index (χ4v) is 3.10. The molecule has 3 heteroatoms. The molecule has 0 N–H and O–H groups in total. The van der Waals surface area contributed by atoms with Gasteiger partial charge in [-0.2, -0.15) is 0 Å². The monoisotopic (exact) mass is 298 g/mol. The van der Waals surface area contributed by atoms with E-state index in [-0.39, 0.29) is 0 Å². The van der Waals surface area contributed by atoms with Crippen LogP contribution in [-0.4, -0.2) is 5.88 Å². The highest BCUT2D eigenvalue weighted by Crippen LogP contribution is 2.20. The van der Waals surface area contributed by atoms with Crippen LogP contribution in [-0.2, 0) is 12.8 Å². The van der Waals surface area contributed by atoms with Gasteiger partial charge < -0.3 is 0 Å². The number of hydrogen-bond donors (Lipinski definition) is 0. The minimum atomic E-state index is 0.537. The lowest BCUT2D eigenvalue weighted by molar-refractivity contribution is 0.539. The molecule has 2 rings (SSSR count). The lowest BCUT2D eigenvalue weighted by atomic mass is 9.96. The van der Waals surface area contributed by atoms with Crippen molar-refractivity contribution in [1.29, 1.82) is 0 Å². The lowest BCUT2D eigenvalue weighted by Crippen LogP contribution is -2.07. The highest BCUT2D eigenvalue weighted by Gasteiger charge is 2.09. The third kappa shape index (κ3) is 4.31. The topological polar surface area (TPSA) is 0 Å². The molecule has 1 heterocycles. The molecule has 0 saturated carbocycles. The molecule has 96 valence electrons. The summed E-state index contributed by atoms with van der Waals surface area (Å²) < 4.78 is 0. The van der Waals surface area contributed by atoms with Gasteiger partial charge in [0.25, 0.3) is 0 Å². The summed E-state index contributed by atoms with van der Waals surface area (Å²) >= 11 is 13.8. The van der Waals surface area contributed by atoms with E-state index in [1.165, 1.54) is 10.4 Å². The van der Waals surface area contributed by atoms with Crippen molar-refractivity contribution in [2.75, 3.05) is 5.88 Å². The highest BCUT2D eigenvalue weighted by molar-refractivity contribution is 7.09. The van der Waals surface area contributed by atoms with Gasteiger partial charge in [0, 0.05) is 15.8 Å². The molecule has 0 bridgehead atoms. The van der Waals surface area contributed by atoms with Crippen LogP contribution >= 0.6 is 34.5 Å². The van der Waals surface area contributed by atoms with Gasteiger partial charge in [0.2, 0.25) is 0 Å². The normalized spacial score (nSPS) is 12.6. The maximum atomic E-state index is 6.07. The van der Waals surface area contributed by atoms with E-state index in [0.717, 1.165) is 24.3 Å². The minimum absolute atomic E-state index is 0.537. The average Bonchev–Trinajstić information content (AvgIpc) is 2.90. The predicted molar refractivity (Wildman–Crippen MR) is 82.0 cm³/mol. The molecule has 1 atom stereocenters. The SMILES string of the molecule is ClCC(CCc1cccs1)Cc1ccc(Cl)cc1. The number of benzene rings is 1. The quantitative estimate of drug-likeness (QED) is 0.624. The molecular formula is C15H16Cl2S. The smallest absolute Gasteiger partial charge is 0.0406 e. The predicted octanol–water partition coefficient (Wildman–Crippen LogP) is 5.43. The van der Waals surface area contributed by atoms with Gasteiger partial charge in [-0.05, 0) is 54.3 Å². The summed E-state index contributed by atoms with van der Waals surface area (Å²) in [6.45, 7) is 0. The third-order valence-corrected chi connectivity index (χ3v) is 4.66. The maximum absolute atomic E-state index is 6.07. The van der Waals surface area contributed by atoms with Crippen molar-refractivity contribution >= 4 is 34.5 Å². The molecule has 0 aliphatic heterocycles. The second kappa shape index (κ2) is 7.18. The first-order chi connectivity index (χ1) is 8.78. The van der Waals surface area contributed by atoms with E-state index in [2.05, 4.69) is 29.6 Å². The highest BCUT2D eigenvalue weighted by atomic mass is 35.5. The maximum Gasteiger partial charge on any atom is 0.0406 e. The molecule has 1 aromatic heterocycles. The zero-order chi connectivity index (χ0) is 12.8. The van der Waals surface area contributed by atoms with Gasteiger partial charge in [-0.25, -0.2) is 0 Å². The zero-order valence-corrected chi connectivity index (χ0v) is 12.4. The Bertz CT molecular complexity index is 448. The standard InChI is InChI=1S/C15H16Cl2S/c16-11-13(5-8-15-2-1-9-18-15)10-12-3-6-14(17)7-4-12/h1-4,6-7,9,13H,5,8,10-11H2. The summed E-state index contributed by atoms with van der Waals surface area (Å²) in [5.74, 6) is 1.25. The number of halogens is 2. The molecule has 0 nitrogen and oxygen atoms in total. The Morgan fingerprint density at radius 3 is 2.50 bits per heavy atom.